The maximum atomic E-state index is 13.4. The zero-order chi connectivity index (χ0) is 28.7. The van der Waals surface area contributed by atoms with Gasteiger partial charge >= 0.3 is 6.61 Å². The summed E-state index contributed by atoms with van der Waals surface area (Å²) in [6.45, 7) is -0.790. The van der Waals surface area contributed by atoms with Crippen LogP contribution >= 0.6 is 0 Å². The molecule has 0 spiro atoms. The van der Waals surface area contributed by atoms with Crippen LogP contribution in [0.4, 0.5) is 20.4 Å². The zero-order valence-electron chi connectivity index (χ0n) is 22.4. The fourth-order valence-corrected chi connectivity index (χ4v) is 8.04. The first kappa shape index (κ1) is 25.8. The summed E-state index contributed by atoms with van der Waals surface area (Å²) in [5.74, 6) is 1.14. The van der Waals surface area contributed by atoms with Crippen molar-refractivity contribution < 1.29 is 31.4 Å². The van der Waals surface area contributed by atoms with Gasteiger partial charge in [0, 0.05) is 29.9 Å². The molecule has 2 aromatic heterocycles. The normalized spacial score (nSPS) is 24.7. The molecule has 2 saturated heterocycles. The largest absolute Gasteiger partial charge is 0.434 e. The Morgan fingerprint density at radius 1 is 0.976 bits per heavy atom. The first-order valence-corrected chi connectivity index (χ1v) is 15.5. The summed E-state index contributed by atoms with van der Waals surface area (Å²) in [4.78, 5) is 16.4. The average Bonchev–Trinajstić information content (AvgIpc) is 3.47. The Bertz CT molecular complexity index is 1800. The van der Waals surface area contributed by atoms with Gasteiger partial charge < -0.3 is 23.7 Å². The molecule has 8 rings (SSSR count). The molecule has 4 bridgehead atoms. The Labute approximate surface area is 239 Å². The molecule has 218 valence electrons. The molecule has 14 heteroatoms. The van der Waals surface area contributed by atoms with E-state index in [-0.39, 0.29) is 17.8 Å². The van der Waals surface area contributed by atoms with Gasteiger partial charge in [-0.1, -0.05) is 12.1 Å². The van der Waals surface area contributed by atoms with Gasteiger partial charge in [0.2, 0.25) is 16.0 Å². The van der Waals surface area contributed by atoms with Gasteiger partial charge in [-0.25, -0.2) is 23.4 Å². The lowest BCUT2D eigenvalue weighted by Crippen LogP contribution is -2.60. The molecule has 6 heterocycles. The third kappa shape index (κ3) is 3.88. The van der Waals surface area contributed by atoms with Gasteiger partial charge in [0.15, 0.2) is 0 Å². The standard InChI is InChI=1S/C28H26F2N6O5S/c1-42(37,38)36-20-3-2-4-24(41-27(29)30)25(20)22-8-23(36)26-33-19-6-5-15(7-21(19)35(22)26)16-9-31-28(32-10-16)34-17-11-39-13-18(34)14-40-12-17/h2-7,9-10,17-18,22-23,27H,8,11-14H2,1H3/t17?,18?,22-,23-/m1/s1. The number of aromatic nitrogens is 4. The van der Waals surface area contributed by atoms with Gasteiger partial charge in [-0.15, -0.1) is 0 Å². The molecule has 2 aromatic carbocycles. The van der Waals surface area contributed by atoms with Crippen molar-refractivity contribution in [2.45, 2.75) is 37.2 Å². The van der Waals surface area contributed by atoms with Crippen molar-refractivity contribution in [2.24, 2.45) is 0 Å². The number of benzene rings is 2. The Morgan fingerprint density at radius 3 is 2.36 bits per heavy atom. The molecule has 0 saturated carbocycles. The highest BCUT2D eigenvalue weighted by Gasteiger charge is 2.48. The Hall–Kier alpha value is -3.88. The van der Waals surface area contributed by atoms with Gasteiger partial charge in [-0.05, 0) is 29.8 Å². The molecule has 0 unspecified atom stereocenters. The molecule has 4 aliphatic rings. The maximum absolute atomic E-state index is 13.4. The van der Waals surface area contributed by atoms with E-state index in [1.165, 1.54) is 16.4 Å². The first-order chi connectivity index (χ1) is 20.3. The number of hydrogen-bond donors (Lipinski definition) is 0. The number of ether oxygens (including phenoxy) is 3. The highest BCUT2D eigenvalue weighted by Crippen LogP contribution is 2.55. The Balaban J connectivity index is 1.21. The summed E-state index contributed by atoms with van der Waals surface area (Å²) < 4.78 is 72.3. The van der Waals surface area contributed by atoms with Crippen LogP contribution in [-0.4, -0.2) is 79.3 Å². The molecule has 0 aliphatic carbocycles. The van der Waals surface area contributed by atoms with Crippen LogP contribution in [0.2, 0.25) is 0 Å². The number of sulfonamides is 1. The van der Waals surface area contributed by atoms with Crippen LogP contribution in [0.3, 0.4) is 0 Å². The number of morpholine rings is 2. The van der Waals surface area contributed by atoms with Gasteiger partial charge in [0.1, 0.15) is 17.6 Å². The van der Waals surface area contributed by atoms with Crippen molar-refractivity contribution in [3.8, 4) is 16.9 Å². The second-order valence-corrected chi connectivity index (χ2v) is 12.9. The molecule has 0 amide bonds. The minimum absolute atomic E-state index is 0.0484. The zero-order valence-corrected chi connectivity index (χ0v) is 23.2. The molecular weight excluding hydrogens is 570 g/mol. The number of halogens is 2. The van der Waals surface area contributed by atoms with Crippen LogP contribution in [0.15, 0.2) is 48.8 Å². The van der Waals surface area contributed by atoms with Crippen molar-refractivity contribution >= 4 is 32.7 Å². The van der Waals surface area contributed by atoms with E-state index in [1.807, 2.05) is 22.8 Å². The van der Waals surface area contributed by atoms with Crippen molar-refractivity contribution in [1.82, 2.24) is 19.5 Å². The van der Waals surface area contributed by atoms with Crippen molar-refractivity contribution in [1.29, 1.82) is 0 Å². The van der Waals surface area contributed by atoms with Crippen molar-refractivity contribution in [3.05, 3.63) is 60.2 Å². The summed E-state index contributed by atoms with van der Waals surface area (Å²) in [5, 5.41) is 0. The third-order valence-electron chi connectivity index (χ3n) is 8.47. The van der Waals surface area contributed by atoms with E-state index in [1.54, 1.807) is 18.5 Å². The highest BCUT2D eigenvalue weighted by molar-refractivity contribution is 7.92. The van der Waals surface area contributed by atoms with Crippen LogP contribution in [0, 0.1) is 0 Å². The lowest BCUT2D eigenvalue weighted by atomic mass is 9.95. The molecule has 4 aromatic rings. The van der Waals surface area contributed by atoms with E-state index in [0.717, 1.165) is 22.9 Å². The van der Waals surface area contributed by atoms with E-state index in [4.69, 9.17) is 19.2 Å². The summed E-state index contributed by atoms with van der Waals surface area (Å²) in [6, 6.07) is 9.49. The summed E-state index contributed by atoms with van der Waals surface area (Å²) in [6.07, 6.45) is 5.03. The molecular formula is C28H26F2N6O5S. The molecule has 11 nitrogen and oxygen atoms in total. The molecule has 0 N–H and O–H groups in total. The van der Waals surface area contributed by atoms with Crippen LogP contribution in [0.25, 0.3) is 22.2 Å². The van der Waals surface area contributed by atoms with E-state index in [0.29, 0.717) is 61.4 Å². The Kier molecular flexibility index (Phi) is 5.72. The topological polar surface area (TPSA) is 112 Å². The van der Waals surface area contributed by atoms with Crippen LogP contribution in [-0.2, 0) is 19.5 Å². The Morgan fingerprint density at radius 2 is 1.69 bits per heavy atom. The lowest BCUT2D eigenvalue weighted by molar-refractivity contribution is -0.0506. The van der Waals surface area contributed by atoms with Gasteiger partial charge in [-0.2, -0.15) is 8.78 Å². The molecule has 2 atom stereocenters. The minimum atomic E-state index is -3.77. The van der Waals surface area contributed by atoms with E-state index in [2.05, 4.69) is 14.9 Å². The highest BCUT2D eigenvalue weighted by atomic mass is 32.2. The summed E-state index contributed by atoms with van der Waals surface area (Å²) in [7, 11) is -3.77. The third-order valence-corrected chi connectivity index (χ3v) is 9.64. The smallest absolute Gasteiger partial charge is 0.387 e. The molecule has 2 fully saturated rings. The predicted molar refractivity (Wildman–Crippen MR) is 148 cm³/mol. The van der Waals surface area contributed by atoms with E-state index in [9.17, 15) is 17.2 Å². The lowest BCUT2D eigenvalue weighted by Gasteiger charge is -2.45. The second kappa shape index (κ2) is 9.31. The van der Waals surface area contributed by atoms with Crippen molar-refractivity contribution in [3.63, 3.8) is 0 Å². The average molecular weight is 597 g/mol. The number of imidazole rings is 1. The fraction of sp³-hybridized carbons (Fsp3) is 0.393. The molecule has 0 radical (unpaired) electrons. The van der Waals surface area contributed by atoms with Crippen molar-refractivity contribution in [2.75, 3.05) is 41.9 Å². The number of alkyl halides is 2. The number of fused-ring (bicyclic) bond motifs is 11. The van der Waals surface area contributed by atoms with E-state index >= 15 is 0 Å². The summed E-state index contributed by atoms with van der Waals surface area (Å²) >= 11 is 0. The number of rotatable bonds is 5. The molecule has 42 heavy (non-hydrogen) atoms. The number of anilines is 2. The number of hydrogen-bond acceptors (Lipinski definition) is 9. The van der Waals surface area contributed by atoms with Crippen LogP contribution < -0.4 is 13.9 Å². The number of nitrogens with zero attached hydrogens (tertiary/aromatic N) is 6. The SMILES string of the molecule is CS(=O)(=O)N1c2cccc(OC(F)F)c2[C@H]2C[C@@H]1c1nc3ccc(-c4cnc(N5C6COCC5COC6)nc4)cc3n12. The second-order valence-electron chi connectivity index (χ2n) is 11.0. The quantitative estimate of drug-likeness (QED) is 0.342. The van der Waals surface area contributed by atoms with Crippen LogP contribution in [0.5, 0.6) is 5.75 Å². The minimum Gasteiger partial charge on any atom is -0.434 e. The van der Waals surface area contributed by atoms with Crippen LogP contribution in [0.1, 0.15) is 29.9 Å². The predicted octanol–water partition coefficient (Wildman–Crippen LogP) is 3.51. The van der Waals surface area contributed by atoms with E-state index < -0.39 is 28.7 Å². The van der Waals surface area contributed by atoms with Gasteiger partial charge in [-0.3, -0.25) is 4.31 Å². The molecule has 4 aliphatic heterocycles. The maximum Gasteiger partial charge on any atom is 0.387 e. The summed E-state index contributed by atoms with van der Waals surface area (Å²) in [5.41, 5.74) is 3.80. The fourth-order valence-electron chi connectivity index (χ4n) is 6.89. The monoisotopic (exact) mass is 596 g/mol. The van der Waals surface area contributed by atoms with Gasteiger partial charge in [0.25, 0.3) is 0 Å². The first-order valence-electron chi connectivity index (χ1n) is 13.6. The van der Waals surface area contributed by atoms with Gasteiger partial charge in [0.05, 0.1) is 67.5 Å².